The van der Waals surface area contributed by atoms with Crippen LogP contribution in [0.15, 0.2) is 18.2 Å². The van der Waals surface area contributed by atoms with Gasteiger partial charge in [-0.05, 0) is 30.9 Å². The van der Waals surface area contributed by atoms with Crippen LogP contribution in [0.25, 0.3) is 0 Å². The Labute approximate surface area is 116 Å². The number of rotatable bonds is 4. The molecule has 1 aromatic carbocycles. The van der Waals surface area contributed by atoms with Crippen LogP contribution in [-0.4, -0.2) is 0 Å². The van der Waals surface area contributed by atoms with Gasteiger partial charge in [-0.15, -0.1) is 12.4 Å². The van der Waals surface area contributed by atoms with Crippen molar-refractivity contribution in [2.24, 2.45) is 11.7 Å². The van der Waals surface area contributed by atoms with Gasteiger partial charge in [-0.25, -0.2) is 4.39 Å². The van der Waals surface area contributed by atoms with Gasteiger partial charge in [0, 0.05) is 11.6 Å². The summed E-state index contributed by atoms with van der Waals surface area (Å²) in [5, 5.41) is 0. The van der Waals surface area contributed by atoms with Gasteiger partial charge in [0.25, 0.3) is 0 Å². The molecule has 0 aliphatic heterocycles. The maximum Gasteiger partial charge on any atom is 0.416 e. The van der Waals surface area contributed by atoms with Gasteiger partial charge >= 0.3 is 6.18 Å². The topological polar surface area (TPSA) is 26.0 Å². The normalized spacial score (nSPS) is 13.3. The number of nitrogens with two attached hydrogens (primary N) is 1. The number of halogens is 5. The minimum atomic E-state index is -4.58. The van der Waals surface area contributed by atoms with Crippen molar-refractivity contribution in [3.8, 4) is 0 Å². The number of benzene rings is 1. The molecule has 1 rings (SSSR count). The van der Waals surface area contributed by atoms with Crippen molar-refractivity contribution in [3.63, 3.8) is 0 Å². The summed E-state index contributed by atoms with van der Waals surface area (Å²) in [7, 11) is 0. The SMILES string of the molecule is CC(C)CC[C@@H](N)c1c(F)cccc1C(F)(F)F.Cl. The van der Waals surface area contributed by atoms with Gasteiger partial charge in [0.2, 0.25) is 0 Å². The molecule has 6 heteroatoms. The summed E-state index contributed by atoms with van der Waals surface area (Å²) in [5.41, 5.74) is 4.30. The molecule has 1 aromatic rings. The lowest BCUT2D eigenvalue weighted by atomic mass is 9.94. The zero-order chi connectivity index (χ0) is 13.9. The minimum Gasteiger partial charge on any atom is -0.324 e. The predicted octanol–water partition coefficient (Wildman–Crippen LogP) is 4.70. The quantitative estimate of drug-likeness (QED) is 0.801. The average molecular weight is 300 g/mol. The van der Waals surface area contributed by atoms with Crippen molar-refractivity contribution >= 4 is 12.4 Å². The van der Waals surface area contributed by atoms with Gasteiger partial charge in [0.15, 0.2) is 0 Å². The van der Waals surface area contributed by atoms with E-state index in [2.05, 4.69) is 0 Å². The van der Waals surface area contributed by atoms with E-state index in [9.17, 15) is 17.6 Å². The van der Waals surface area contributed by atoms with Crippen LogP contribution < -0.4 is 5.73 Å². The Morgan fingerprint density at radius 1 is 1.16 bits per heavy atom. The Hall–Kier alpha value is -0.810. The number of alkyl halides is 3. The van der Waals surface area contributed by atoms with Crippen LogP contribution >= 0.6 is 12.4 Å². The molecule has 0 saturated heterocycles. The van der Waals surface area contributed by atoms with E-state index in [0.717, 1.165) is 18.2 Å². The van der Waals surface area contributed by atoms with Crippen molar-refractivity contribution in [1.29, 1.82) is 0 Å². The number of hydrogen-bond acceptors (Lipinski definition) is 1. The number of hydrogen-bond donors (Lipinski definition) is 1. The third kappa shape index (κ3) is 4.99. The maximum absolute atomic E-state index is 13.6. The van der Waals surface area contributed by atoms with E-state index in [4.69, 9.17) is 5.73 Å². The summed E-state index contributed by atoms with van der Waals surface area (Å²) in [4.78, 5) is 0. The standard InChI is InChI=1S/C13H17F4N.ClH/c1-8(2)6-7-11(18)12-9(13(15,16)17)4-3-5-10(12)14;/h3-5,8,11H,6-7,18H2,1-2H3;1H/t11-;/m1./s1. The molecule has 0 unspecified atom stereocenters. The van der Waals surface area contributed by atoms with Gasteiger partial charge in [-0.3, -0.25) is 0 Å². The second kappa shape index (κ2) is 7.10. The van der Waals surface area contributed by atoms with E-state index >= 15 is 0 Å². The summed E-state index contributed by atoms with van der Waals surface area (Å²) < 4.78 is 51.9. The second-order valence-electron chi connectivity index (χ2n) is 4.78. The lowest BCUT2D eigenvalue weighted by molar-refractivity contribution is -0.138. The summed E-state index contributed by atoms with van der Waals surface area (Å²) >= 11 is 0. The highest BCUT2D eigenvalue weighted by Gasteiger charge is 2.35. The smallest absolute Gasteiger partial charge is 0.324 e. The Balaban J connectivity index is 0.00000324. The molecule has 0 radical (unpaired) electrons. The maximum atomic E-state index is 13.6. The molecule has 0 spiro atoms. The highest BCUT2D eigenvalue weighted by molar-refractivity contribution is 5.85. The van der Waals surface area contributed by atoms with E-state index in [-0.39, 0.29) is 12.4 Å². The van der Waals surface area contributed by atoms with E-state index in [1.54, 1.807) is 0 Å². The third-order valence-corrected chi connectivity index (χ3v) is 2.78. The minimum absolute atomic E-state index is 0. The van der Waals surface area contributed by atoms with Gasteiger partial charge in [0.05, 0.1) is 5.56 Å². The molecule has 0 aliphatic carbocycles. The van der Waals surface area contributed by atoms with E-state index in [0.29, 0.717) is 18.8 Å². The van der Waals surface area contributed by atoms with Crippen molar-refractivity contribution < 1.29 is 17.6 Å². The van der Waals surface area contributed by atoms with Crippen LogP contribution in [0.1, 0.15) is 43.9 Å². The van der Waals surface area contributed by atoms with E-state index in [1.165, 1.54) is 0 Å². The molecular formula is C13H18ClF4N. The first-order chi connectivity index (χ1) is 8.23. The lowest BCUT2D eigenvalue weighted by Crippen LogP contribution is -2.19. The van der Waals surface area contributed by atoms with Crippen molar-refractivity contribution in [3.05, 3.63) is 35.1 Å². The summed E-state index contributed by atoms with van der Waals surface area (Å²) in [6.07, 6.45) is -3.58. The first kappa shape index (κ1) is 18.2. The van der Waals surface area contributed by atoms with Crippen LogP contribution in [0.2, 0.25) is 0 Å². The van der Waals surface area contributed by atoms with E-state index < -0.39 is 29.2 Å². The molecule has 0 aliphatic rings. The van der Waals surface area contributed by atoms with Gasteiger partial charge in [0.1, 0.15) is 5.82 Å². The van der Waals surface area contributed by atoms with Crippen LogP contribution in [0.4, 0.5) is 17.6 Å². The Morgan fingerprint density at radius 3 is 2.21 bits per heavy atom. The third-order valence-electron chi connectivity index (χ3n) is 2.78. The fraction of sp³-hybridized carbons (Fsp3) is 0.538. The highest BCUT2D eigenvalue weighted by atomic mass is 35.5. The molecule has 0 aromatic heterocycles. The van der Waals surface area contributed by atoms with Crippen LogP contribution in [-0.2, 0) is 6.18 Å². The van der Waals surface area contributed by atoms with Gasteiger partial charge in [-0.1, -0.05) is 19.9 Å². The molecule has 0 bridgehead atoms. The zero-order valence-corrected chi connectivity index (χ0v) is 11.6. The lowest BCUT2D eigenvalue weighted by Gasteiger charge is -2.19. The molecule has 1 nitrogen and oxygen atoms in total. The monoisotopic (exact) mass is 299 g/mol. The first-order valence-corrected chi connectivity index (χ1v) is 5.84. The largest absolute Gasteiger partial charge is 0.416 e. The van der Waals surface area contributed by atoms with Crippen LogP contribution in [0.3, 0.4) is 0 Å². The van der Waals surface area contributed by atoms with Crippen molar-refractivity contribution in [1.82, 2.24) is 0 Å². The molecule has 2 N–H and O–H groups in total. The Morgan fingerprint density at radius 2 is 1.74 bits per heavy atom. The fourth-order valence-corrected chi connectivity index (χ4v) is 1.82. The van der Waals surface area contributed by atoms with Crippen molar-refractivity contribution in [2.75, 3.05) is 0 Å². The zero-order valence-electron chi connectivity index (χ0n) is 10.8. The first-order valence-electron chi connectivity index (χ1n) is 5.84. The molecule has 110 valence electrons. The fourth-order valence-electron chi connectivity index (χ4n) is 1.82. The Bertz CT molecular complexity index is 404. The molecule has 0 fully saturated rings. The molecule has 19 heavy (non-hydrogen) atoms. The van der Waals surface area contributed by atoms with Gasteiger partial charge < -0.3 is 5.73 Å². The second-order valence-corrected chi connectivity index (χ2v) is 4.78. The average Bonchev–Trinajstić information content (AvgIpc) is 2.24. The summed E-state index contributed by atoms with van der Waals surface area (Å²) in [6, 6.07) is 2.01. The van der Waals surface area contributed by atoms with Crippen LogP contribution in [0.5, 0.6) is 0 Å². The van der Waals surface area contributed by atoms with Gasteiger partial charge in [-0.2, -0.15) is 13.2 Å². The Kier molecular flexibility index (Phi) is 6.80. The van der Waals surface area contributed by atoms with Crippen LogP contribution in [0, 0.1) is 11.7 Å². The summed E-state index contributed by atoms with van der Waals surface area (Å²) in [6.45, 7) is 3.89. The predicted molar refractivity (Wildman–Crippen MR) is 69.7 cm³/mol. The highest BCUT2D eigenvalue weighted by Crippen LogP contribution is 2.36. The summed E-state index contributed by atoms with van der Waals surface area (Å²) in [5.74, 6) is -0.571. The molecule has 0 saturated carbocycles. The van der Waals surface area contributed by atoms with E-state index in [1.807, 2.05) is 13.8 Å². The molecule has 0 heterocycles. The van der Waals surface area contributed by atoms with Crippen molar-refractivity contribution in [2.45, 2.75) is 38.9 Å². The molecule has 1 atom stereocenters. The molecule has 0 amide bonds. The molecular weight excluding hydrogens is 282 g/mol.